The number of aromatic nitrogens is 3. The van der Waals surface area contributed by atoms with E-state index in [2.05, 4.69) is 25.2 Å². The van der Waals surface area contributed by atoms with Gasteiger partial charge in [0.25, 0.3) is 0 Å². The van der Waals surface area contributed by atoms with Gasteiger partial charge in [-0.1, -0.05) is 0 Å². The van der Waals surface area contributed by atoms with Gasteiger partial charge < -0.3 is 10.2 Å². The summed E-state index contributed by atoms with van der Waals surface area (Å²) in [6.07, 6.45) is 5.61. The second-order valence-electron chi connectivity index (χ2n) is 7.88. The largest absolute Gasteiger partial charge is 0.357 e. The van der Waals surface area contributed by atoms with Crippen molar-refractivity contribution < 1.29 is 12.8 Å². The van der Waals surface area contributed by atoms with Gasteiger partial charge in [0, 0.05) is 47.7 Å². The van der Waals surface area contributed by atoms with Crippen molar-refractivity contribution in [3.8, 4) is 11.1 Å². The van der Waals surface area contributed by atoms with E-state index in [0.29, 0.717) is 28.1 Å². The summed E-state index contributed by atoms with van der Waals surface area (Å²) in [6.45, 7) is 1.99. The first-order valence-corrected chi connectivity index (χ1v) is 12.0. The predicted molar refractivity (Wildman–Crippen MR) is 125 cm³/mol. The first-order valence-electron chi connectivity index (χ1n) is 10.4. The molecule has 8 nitrogen and oxygen atoms in total. The van der Waals surface area contributed by atoms with Crippen LogP contribution in [0.15, 0.2) is 65.8 Å². The minimum Gasteiger partial charge on any atom is -0.357 e. The molecule has 1 aliphatic rings. The van der Waals surface area contributed by atoms with Crippen molar-refractivity contribution in [1.29, 1.82) is 0 Å². The maximum atomic E-state index is 14.3. The van der Waals surface area contributed by atoms with Crippen molar-refractivity contribution in [3.63, 3.8) is 0 Å². The summed E-state index contributed by atoms with van der Waals surface area (Å²) in [5.41, 5.74) is 2.53. The van der Waals surface area contributed by atoms with Gasteiger partial charge in [-0.15, -0.1) is 0 Å². The molecule has 168 valence electrons. The summed E-state index contributed by atoms with van der Waals surface area (Å²) in [5.74, 6) is 0.821. The van der Waals surface area contributed by atoms with E-state index in [4.69, 9.17) is 5.14 Å². The third kappa shape index (κ3) is 4.48. The molecule has 2 aromatic carbocycles. The van der Waals surface area contributed by atoms with Crippen molar-refractivity contribution in [2.45, 2.75) is 17.7 Å². The Bertz CT molecular complexity index is 1420. The maximum Gasteiger partial charge on any atom is 0.238 e. The van der Waals surface area contributed by atoms with Gasteiger partial charge in [-0.3, -0.25) is 0 Å². The van der Waals surface area contributed by atoms with E-state index < -0.39 is 10.0 Å². The van der Waals surface area contributed by atoms with Gasteiger partial charge in [0.1, 0.15) is 11.6 Å². The average Bonchev–Trinajstić information content (AvgIpc) is 3.34. The number of nitrogens with one attached hydrogen (secondary N) is 1. The van der Waals surface area contributed by atoms with Crippen LogP contribution in [0, 0.1) is 5.82 Å². The number of rotatable bonds is 5. The number of sulfonamides is 1. The number of pyridine rings is 1. The Balaban J connectivity index is 1.48. The Kier molecular flexibility index (Phi) is 5.39. The third-order valence-corrected chi connectivity index (χ3v) is 6.50. The van der Waals surface area contributed by atoms with Gasteiger partial charge in [0.05, 0.1) is 10.4 Å². The molecular weight excluding hydrogens is 443 g/mol. The van der Waals surface area contributed by atoms with Crippen LogP contribution in [-0.4, -0.2) is 36.5 Å². The zero-order valence-corrected chi connectivity index (χ0v) is 18.4. The summed E-state index contributed by atoms with van der Waals surface area (Å²) in [6, 6.07) is 12.6. The van der Waals surface area contributed by atoms with Gasteiger partial charge in [-0.2, -0.15) is 0 Å². The number of hydrogen-bond acceptors (Lipinski definition) is 7. The van der Waals surface area contributed by atoms with Crippen LogP contribution in [-0.2, 0) is 10.0 Å². The normalized spacial score (nSPS) is 14.1. The van der Waals surface area contributed by atoms with E-state index in [9.17, 15) is 12.8 Å². The van der Waals surface area contributed by atoms with Crippen LogP contribution in [0.3, 0.4) is 0 Å². The number of nitrogens with zero attached hydrogens (tertiary/aromatic N) is 4. The Morgan fingerprint density at radius 2 is 1.73 bits per heavy atom. The molecule has 1 saturated heterocycles. The van der Waals surface area contributed by atoms with E-state index >= 15 is 0 Å². The number of nitrogens with two attached hydrogens (primary N) is 1. The molecule has 0 amide bonds. The number of fused-ring (bicyclic) bond motifs is 1. The highest BCUT2D eigenvalue weighted by atomic mass is 32.2. The van der Waals surface area contributed by atoms with E-state index in [1.165, 1.54) is 24.3 Å². The van der Waals surface area contributed by atoms with Gasteiger partial charge in [-0.05, 0) is 61.4 Å². The van der Waals surface area contributed by atoms with Gasteiger partial charge in [0.2, 0.25) is 16.0 Å². The molecule has 1 fully saturated rings. The second kappa shape index (κ2) is 8.38. The lowest BCUT2D eigenvalue weighted by molar-refractivity contribution is 0.598. The molecule has 5 rings (SSSR count). The Hall–Kier alpha value is -3.63. The Labute approximate surface area is 190 Å². The molecule has 4 aromatic rings. The molecule has 3 N–H and O–H groups in total. The van der Waals surface area contributed by atoms with E-state index in [1.807, 2.05) is 12.1 Å². The molecule has 0 bridgehead atoms. The number of primary sulfonamides is 1. The lowest BCUT2D eigenvalue weighted by atomic mass is 10.0. The molecule has 2 aromatic heterocycles. The smallest absolute Gasteiger partial charge is 0.238 e. The van der Waals surface area contributed by atoms with Gasteiger partial charge >= 0.3 is 0 Å². The van der Waals surface area contributed by atoms with Crippen LogP contribution in [0.4, 0.5) is 21.8 Å². The fourth-order valence-corrected chi connectivity index (χ4v) is 4.44. The third-order valence-electron chi connectivity index (χ3n) is 5.58. The standard InChI is InChI=1S/C23H21FN6O2S/c24-17-11-16-14-27-23(28-18-4-6-19(7-5-18)33(25,31)32)29-22(16)20(12-17)15-3-8-21(26-13-15)30-9-1-2-10-30/h3-8,11-14H,1-2,9-10H2,(H2,25,31,32)(H,27,28,29). The zero-order valence-electron chi connectivity index (χ0n) is 17.6. The highest BCUT2D eigenvalue weighted by Gasteiger charge is 2.15. The maximum absolute atomic E-state index is 14.3. The average molecular weight is 465 g/mol. The lowest BCUT2D eigenvalue weighted by Crippen LogP contribution is -2.18. The van der Waals surface area contributed by atoms with Crippen LogP contribution in [0.1, 0.15) is 12.8 Å². The van der Waals surface area contributed by atoms with Gasteiger partial charge in [0.15, 0.2) is 0 Å². The molecule has 0 aliphatic carbocycles. The monoisotopic (exact) mass is 464 g/mol. The number of hydrogen-bond donors (Lipinski definition) is 2. The summed E-state index contributed by atoms with van der Waals surface area (Å²) < 4.78 is 37.2. The van der Waals surface area contributed by atoms with Crippen molar-refractivity contribution in [2.24, 2.45) is 5.14 Å². The quantitative estimate of drug-likeness (QED) is 0.461. The lowest BCUT2D eigenvalue weighted by Gasteiger charge is -2.16. The summed E-state index contributed by atoms with van der Waals surface area (Å²) in [7, 11) is -3.77. The van der Waals surface area contributed by atoms with Crippen molar-refractivity contribution in [3.05, 3.63) is 66.7 Å². The minimum atomic E-state index is -3.77. The van der Waals surface area contributed by atoms with Crippen molar-refractivity contribution >= 4 is 38.4 Å². The Morgan fingerprint density at radius 1 is 0.970 bits per heavy atom. The van der Waals surface area contributed by atoms with E-state index in [1.54, 1.807) is 24.5 Å². The molecule has 0 radical (unpaired) electrons. The molecule has 0 spiro atoms. The topological polar surface area (TPSA) is 114 Å². The highest BCUT2D eigenvalue weighted by Crippen LogP contribution is 2.30. The van der Waals surface area contributed by atoms with E-state index in [-0.39, 0.29) is 10.7 Å². The second-order valence-corrected chi connectivity index (χ2v) is 9.44. The first kappa shape index (κ1) is 21.2. The van der Waals surface area contributed by atoms with Crippen LogP contribution >= 0.6 is 0 Å². The van der Waals surface area contributed by atoms with Crippen LogP contribution in [0.2, 0.25) is 0 Å². The van der Waals surface area contributed by atoms with Crippen molar-refractivity contribution in [1.82, 2.24) is 15.0 Å². The predicted octanol–water partition coefficient (Wildman–Crippen LogP) is 3.82. The molecule has 1 aliphatic heterocycles. The molecule has 0 atom stereocenters. The highest BCUT2D eigenvalue weighted by molar-refractivity contribution is 7.89. The summed E-state index contributed by atoms with van der Waals surface area (Å²) >= 11 is 0. The zero-order chi connectivity index (χ0) is 23.0. The SMILES string of the molecule is NS(=O)(=O)c1ccc(Nc2ncc3cc(F)cc(-c4ccc(N5CCCC5)nc4)c3n2)cc1. The van der Waals surface area contributed by atoms with E-state index in [0.717, 1.165) is 37.3 Å². The number of anilines is 3. The molecule has 0 saturated carbocycles. The number of halogens is 1. The fraction of sp³-hybridized carbons (Fsp3) is 0.174. The molecule has 33 heavy (non-hydrogen) atoms. The van der Waals surface area contributed by atoms with Gasteiger partial charge in [-0.25, -0.2) is 32.9 Å². The molecule has 0 unspecified atom stereocenters. The Morgan fingerprint density at radius 3 is 2.39 bits per heavy atom. The van der Waals surface area contributed by atoms with Crippen molar-refractivity contribution in [2.75, 3.05) is 23.3 Å². The molecular formula is C23H21FN6O2S. The molecule has 10 heteroatoms. The van der Waals surface area contributed by atoms with Crippen LogP contribution in [0.5, 0.6) is 0 Å². The summed E-state index contributed by atoms with van der Waals surface area (Å²) in [5, 5.41) is 8.74. The summed E-state index contributed by atoms with van der Waals surface area (Å²) in [4.78, 5) is 15.7. The minimum absolute atomic E-state index is 0.00937. The first-order chi connectivity index (χ1) is 15.9. The molecule has 3 heterocycles. The number of benzene rings is 2. The van der Waals surface area contributed by atoms with Crippen LogP contribution < -0.4 is 15.4 Å². The van der Waals surface area contributed by atoms with Crippen LogP contribution in [0.25, 0.3) is 22.0 Å². The fourth-order valence-electron chi connectivity index (χ4n) is 3.92.